The van der Waals surface area contributed by atoms with Gasteiger partial charge in [0, 0.05) is 17.9 Å². The summed E-state index contributed by atoms with van der Waals surface area (Å²) in [5.41, 5.74) is 2.77. The second-order valence-electron chi connectivity index (χ2n) is 8.74. The van der Waals surface area contributed by atoms with Gasteiger partial charge in [-0.15, -0.1) is 11.8 Å². The quantitative estimate of drug-likeness (QED) is 0.592. The first-order chi connectivity index (χ1) is 15.8. The predicted molar refractivity (Wildman–Crippen MR) is 133 cm³/mol. The van der Waals surface area contributed by atoms with Crippen molar-refractivity contribution in [2.75, 3.05) is 26.5 Å². The van der Waals surface area contributed by atoms with Crippen LogP contribution in [0.2, 0.25) is 0 Å². The molecule has 7 heteroatoms. The molecule has 0 radical (unpaired) electrons. The SMILES string of the molecule is COc1ccc(CCNC(=O)C2CSC(CC(C)C)N2C(=O)c2ccc(C)cc2)cc1OC. The van der Waals surface area contributed by atoms with Crippen molar-refractivity contribution in [2.45, 2.75) is 45.0 Å². The summed E-state index contributed by atoms with van der Waals surface area (Å²) in [7, 11) is 3.21. The second kappa shape index (κ2) is 11.5. The number of aryl methyl sites for hydroxylation is 1. The smallest absolute Gasteiger partial charge is 0.255 e. The van der Waals surface area contributed by atoms with E-state index in [4.69, 9.17) is 9.47 Å². The van der Waals surface area contributed by atoms with Crippen LogP contribution in [-0.4, -0.2) is 54.6 Å². The minimum atomic E-state index is -0.474. The van der Waals surface area contributed by atoms with Crippen LogP contribution in [0.1, 0.15) is 41.8 Å². The third kappa shape index (κ3) is 6.22. The van der Waals surface area contributed by atoms with E-state index in [-0.39, 0.29) is 17.2 Å². The fourth-order valence-electron chi connectivity index (χ4n) is 3.95. The molecule has 1 N–H and O–H groups in total. The van der Waals surface area contributed by atoms with Gasteiger partial charge in [0.1, 0.15) is 6.04 Å². The molecule has 178 valence electrons. The minimum absolute atomic E-state index is 0.000373. The molecule has 6 nitrogen and oxygen atoms in total. The maximum atomic E-state index is 13.4. The first kappa shape index (κ1) is 25.0. The van der Waals surface area contributed by atoms with Crippen LogP contribution in [0.3, 0.4) is 0 Å². The maximum Gasteiger partial charge on any atom is 0.255 e. The zero-order chi connectivity index (χ0) is 24.0. The predicted octanol–water partition coefficient (Wildman–Crippen LogP) is 4.30. The Bertz CT molecular complexity index is 961. The molecule has 2 atom stereocenters. The van der Waals surface area contributed by atoms with Crippen molar-refractivity contribution >= 4 is 23.6 Å². The Morgan fingerprint density at radius 3 is 2.42 bits per heavy atom. The Hall–Kier alpha value is -2.67. The van der Waals surface area contributed by atoms with Crippen molar-refractivity contribution in [1.82, 2.24) is 10.2 Å². The highest BCUT2D eigenvalue weighted by atomic mass is 32.2. The molecular weight excluding hydrogens is 436 g/mol. The Morgan fingerprint density at radius 2 is 1.79 bits per heavy atom. The fraction of sp³-hybridized carbons (Fsp3) is 0.462. The number of thioether (sulfide) groups is 1. The van der Waals surface area contributed by atoms with Crippen LogP contribution in [0.25, 0.3) is 0 Å². The van der Waals surface area contributed by atoms with Gasteiger partial charge in [0.05, 0.1) is 19.6 Å². The van der Waals surface area contributed by atoms with Gasteiger partial charge < -0.3 is 19.7 Å². The first-order valence-electron chi connectivity index (χ1n) is 11.3. The molecular formula is C26H34N2O4S. The van der Waals surface area contributed by atoms with Gasteiger partial charge >= 0.3 is 0 Å². The van der Waals surface area contributed by atoms with E-state index in [0.29, 0.717) is 41.7 Å². The number of benzene rings is 2. The Labute approximate surface area is 201 Å². The molecule has 33 heavy (non-hydrogen) atoms. The van der Waals surface area contributed by atoms with Crippen LogP contribution >= 0.6 is 11.8 Å². The van der Waals surface area contributed by atoms with Crippen molar-refractivity contribution in [1.29, 1.82) is 0 Å². The average Bonchev–Trinajstić information content (AvgIpc) is 3.21. The average molecular weight is 471 g/mol. The highest BCUT2D eigenvalue weighted by molar-refractivity contribution is 8.00. The highest BCUT2D eigenvalue weighted by Crippen LogP contribution is 2.35. The number of carbonyl (C=O) groups is 2. The number of amides is 2. The molecule has 2 aromatic carbocycles. The Balaban J connectivity index is 1.68. The summed E-state index contributed by atoms with van der Waals surface area (Å²) in [5, 5.41) is 3.04. The third-order valence-electron chi connectivity index (χ3n) is 5.76. The van der Waals surface area contributed by atoms with E-state index in [1.807, 2.05) is 49.4 Å². The van der Waals surface area contributed by atoms with Crippen LogP contribution in [0, 0.1) is 12.8 Å². The minimum Gasteiger partial charge on any atom is -0.493 e. The van der Waals surface area contributed by atoms with Crippen molar-refractivity contribution in [3.8, 4) is 11.5 Å². The number of nitrogens with zero attached hydrogens (tertiary/aromatic N) is 1. The van der Waals surface area contributed by atoms with E-state index in [0.717, 1.165) is 17.5 Å². The zero-order valence-corrected chi connectivity index (χ0v) is 20.9. The summed E-state index contributed by atoms with van der Waals surface area (Å²) < 4.78 is 10.6. The lowest BCUT2D eigenvalue weighted by Crippen LogP contribution is -2.50. The summed E-state index contributed by atoms with van der Waals surface area (Å²) in [4.78, 5) is 28.3. The topological polar surface area (TPSA) is 67.9 Å². The lowest BCUT2D eigenvalue weighted by atomic mass is 10.1. The largest absolute Gasteiger partial charge is 0.493 e. The normalized spacial score (nSPS) is 17.8. The number of rotatable bonds is 9. The molecule has 0 bridgehead atoms. The third-order valence-corrected chi connectivity index (χ3v) is 7.07. The van der Waals surface area contributed by atoms with Gasteiger partial charge in [0.2, 0.25) is 5.91 Å². The van der Waals surface area contributed by atoms with Crippen LogP contribution in [-0.2, 0) is 11.2 Å². The number of nitrogens with one attached hydrogen (secondary N) is 1. The standard InChI is InChI=1S/C26H34N2O4S/c1-17(2)14-24-28(26(30)20-9-6-18(3)7-10-20)21(16-33-24)25(29)27-13-12-19-8-11-22(31-4)23(15-19)32-5/h6-11,15,17,21,24H,12-14,16H2,1-5H3,(H,27,29). The highest BCUT2D eigenvalue weighted by Gasteiger charge is 2.41. The molecule has 0 saturated carbocycles. The molecule has 2 amide bonds. The van der Waals surface area contributed by atoms with Gasteiger partial charge in [-0.05, 0) is 55.5 Å². The van der Waals surface area contributed by atoms with E-state index in [1.165, 1.54) is 0 Å². The molecule has 2 aromatic rings. The van der Waals surface area contributed by atoms with Crippen LogP contribution in [0.5, 0.6) is 11.5 Å². The van der Waals surface area contributed by atoms with Crippen LogP contribution in [0.15, 0.2) is 42.5 Å². The van der Waals surface area contributed by atoms with Gasteiger partial charge in [-0.2, -0.15) is 0 Å². The van der Waals surface area contributed by atoms with Crippen molar-refractivity contribution in [2.24, 2.45) is 5.92 Å². The second-order valence-corrected chi connectivity index (χ2v) is 9.95. The lowest BCUT2D eigenvalue weighted by molar-refractivity contribution is -0.124. The molecule has 2 unspecified atom stereocenters. The number of methoxy groups -OCH3 is 2. The monoisotopic (exact) mass is 470 g/mol. The molecule has 1 aliphatic rings. The number of hydrogen-bond donors (Lipinski definition) is 1. The molecule has 0 aromatic heterocycles. The molecule has 1 saturated heterocycles. The number of carbonyl (C=O) groups excluding carboxylic acids is 2. The summed E-state index contributed by atoms with van der Waals surface area (Å²) in [5.74, 6) is 2.20. The molecule has 0 spiro atoms. The molecule has 1 fully saturated rings. The van der Waals surface area contributed by atoms with Crippen LogP contribution in [0.4, 0.5) is 0 Å². The van der Waals surface area contributed by atoms with Gasteiger partial charge in [0.15, 0.2) is 11.5 Å². The summed E-state index contributed by atoms with van der Waals surface area (Å²) >= 11 is 1.69. The molecule has 0 aliphatic carbocycles. The van der Waals surface area contributed by atoms with Crippen molar-refractivity contribution in [3.05, 3.63) is 59.2 Å². The summed E-state index contributed by atoms with van der Waals surface area (Å²) in [6, 6.07) is 12.8. The van der Waals surface area contributed by atoms with E-state index < -0.39 is 6.04 Å². The molecule has 1 aliphatic heterocycles. The molecule has 3 rings (SSSR count). The fourth-order valence-corrected chi connectivity index (χ4v) is 5.59. The summed E-state index contributed by atoms with van der Waals surface area (Å²) in [6.07, 6.45) is 1.52. The number of ether oxygens (including phenoxy) is 2. The van der Waals surface area contributed by atoms with Gasteiger partial charge in [-0.1, -0.05) is 37.6 Å². The number of hydrogen-bond acceptors (Lipinski definition) is 5. The lowest BCUT2D eigenvalue weighted by Gasteiger charge is -2.30. The van der Waals surface area contributed by atoms with Gasteiger partial charge in [-0.25, -0.2) is 0 Å². The zero-order valence-electron chi connectivity index (χ0n) is 20.1. The van der Waals surface area contributed by atoms with Gasteiger partial charge in [-0.3, -0.25) is 9.59 Å². The van der Waals surface area contributed by atoms with Gasteiger partial charge in [0.25, 0.3) is 5.91 Å². The Morgan fingerprint density at radius 1 is 1.09 bits per heavy atom. The van der Waals surface area contributed by atoms with E-state index in [9.17, 15) is 9.59 Å². The summed E-state index contributed by atoms with van der Waals surface area (Å²) in [6.45, 7) is 6.77. The van der Waals surface area contributed by atoms with E-state index >= 15 is 0 Å². The van der Waals surface area contributed by atoms with E-state index in [1.54, 1.807) is 30.9 Å². The van der Waals surface area contributed by atoms with Crippen molar-refractivity contribution in [3.63, 3.8) is 0 Å². The van der Waals surface area contributed by atoms with E-state index in [2.05, 4.69) is 19.2 Å². The van der Waals surface area contributed by atoms with Crippen molar-refractivity contribution < 1.29 is 19.1 Å². The molecule has 1 heterocycles. The van der Waals surface area contributed by atoms with Crippen LogP contribution < -0.4 is 14.8 Å². The maximum absolute atomic E-state index is 13.4. The Kier molecular flexibility index (Phi) is 8.67. The first-order valence-corrected chi connectivity index (χ1v) is 12.4.